The van der Waals surface area contributed by atoms with Crippen LogP contribution >= 0.6 is 0 Å². The Morgan fingerprint density at radius 2 is 1.46 bits per heavy atom. The third kappa shape index (κ3) is 4.84. The van der Waals surface area contributed by atoms with Crippen LogP contribution in [0.15, 0.2) is 35.2 Å². The molecule has 0 aromatic heterocycles. The molecule has 2 saturated heterocycles. The molecule has 1 aromatic carbocycles. The van der Waals surface area contributed by atoms with Crippen molar-refractivity contribution in [3.8, 4) is 0 Å². The summed E-state index contributed by atoms with van der Waals surface area (Å²) in [6, 6.07) is 8.52. The van der Waals surface area contributed by atoms with Crippen molar-refractivity contribution in [3.05, 3.63) is 30.3 Å². The van der Waals surface area contributed by atoms with Gasteiger partial charge in [0.1, 0.15) is 0 Å². The van der Waals surface area contributed by atoms with Crippen molar-refractivity contribution >= 4 is 15.9 Å². The predicted molar refractivity (Wildman–Crippen MR) is 100 cm³/mol. The summed E-state index contributed by atoms with van der Waals surface area (Å²) in [5.74, 6) is 0.164. The number of benzene rings is 1. The lowest BCUT2D eigenvalue weighted by molar-refractivity contribution is -0.893. The molecule has 2 heterocycles. The highest BCUT2D eigenvalue weighted by Crippen LogP contribution is 2.17. The number of hydrogen-bond acceptors (Lipinski definition) is 3. The molecule has 0 bridgehead atoms. The molecule has 2 fully saturated rings. The van der Waals surface area contributed by atoms with E-state index in [9.17, 15) is 13.2 Å². The van der Waals surface area contributed by atoms with E-state index < -0.39 is 10.0 Å². The van der Waals surface area contributed by atoms with Crippen LogP contribution in [0.2, 0.25) is 0 Å². The van der Waals surface area contributed by atoms with Crippen LogP contribution in [0, 0.1) is 0 Å². The number of amides is 1. The first-order valence-electron chi connectivity index (χ1n) is 9.74. The monoisotopic (exact) mass is 380 g/mol. The van der Waals surface area contributed by atoms with Gasteiger partial charge in [-0.25, -0.2) is 8.42 Å². The van der Waals surface area contributed by atoms with Gasteiger partial charge in [0.2, 0.25) is 10.0 Å². The zero-order chi connectivity index (χ0) is 18.4. The Balaban J connectivity index is 1.52. The fourth-order valence-corrected chi connectivity index (χ4v) is 5.27. The zero-order valence-corrected chi connectivity index (χ0v) is 16.2. The number of nitrogens with zero attached hydrogens (tertiary/aromatic N) is 2. The Morgan fingerprint density at radius 3 is 2.08 bits per heavy atom. The summed E-state index contributed by atoms with van der Waals surface area (Å²) in [5, 5.41) is 0. The number of rotatable bonds is 4. The number of nitrogens with one attached hydrogen (secondary N) is 1. The maximum Gasteiger partial charge on any atom is 0.277 e. The second kappa shape index (κ2) is 8.97. The number of likely N-dealkylation sites (tertiary alicyclic amines) is 1. The molecule has 0 radical (unpaired) electrons. The van der Waals surface area contributed by atoms with Gasteiger partial charge in [0, 0.05) is 26.2 Å². The average molecular weight is 381 g/mol. The molecule has 0 unspecified atom stereocenters. The van der Waals surface area contributed by atoms with Crippen molar-refractivity contribution in [2.75, 3.05) is 45.8 Å². The van der Waals surface area contributed by atoms with Crippen LogP contribution < -0.4 is 4.90 Å². The molecule has 2 aliphatic heterocycles. The quantitative estimate of drug-likeness (QED) is 0.821. The van der Waals surface area contributed by atoms with E-state index in [0.717, 1.165) is 13.1 Å². The Hall–Kier alpha value is -1.44. The fraction of sp³-hybridized carbons (Fsp3) is 0.632. The smallest absolute Gasteiger partial charge is 0.277 e. The van der Waals surface area contributed by atoms with E-state index in [1.807, 2.05) is 11.0 Å². The van der Waals surface area contributed by atoms with E-state index in [0.29, 0.717) is 37.6 Å². The summed E-state index contributed by atoms with van der Waals surface area (Å²) in [5.41, 5.74) is 0. The van der Waals surface area contributed by atoms with Crippen LogP contribution in [0.1, 0.15) is 32.1 Å². The van der Waals surface area contributed by atoms with Crippen LogP contribution in [0.4, 0.5) is 0 Å². The van der Waals surface area contributed by atoms with Gasteiger partial charge in [-0.05, 0) is 37.8 Å². The molecule has 1 amide bonds. The number of carbonyl (C=O) groups is 1. The van der Waals surface area contributed by atoms with E-state index in [1.165, 1.54) is 41.3 Å². The van der Waals surface area contributed by atoms with E-state index in [-0.39, 0.29) is 5.91 Å². The second-order valence-electron chi connectivity index (χ2n) is 7.29. The average Bonchev–Trinajstić information content (AvgIpc) is 2.64. The molecule has 2 aliphatic rings. The largest absolute Gasteiger partial charge is 0.335 e. The van der Waals surface area contributed by atoms with Gasteiger partial charge < -0.3 is 9.80 Å². The van der Waals surface area contributed by atoms with Gasteiger partial charge in [-0.15, -0.1) is 0 Å². The maximum atomic E-state index is 12.7. The van der Waals surface area contributed by atoms with Crippen molar-refractivity contribution in [2.24, 2.45) is 0 Å². The summed E-state index contributed by atoms with van der Waals surface area (Å²) in [6.07, 6.45) is 6.26. The second-order valence-corrected chi connectivity index (χ2v) is 9.23. The Bertz CT molecular complexity index is 677. The third-order valence-electron chi connectivity index (χ3n) is 5.43. The summed E-state index contributed by atoms with van der Waals surface area (Å²) in [6.45, 7) is 4.42. The molecule has 6 nitrogen and oxygen atoms in total. The summed E-state index contributed by atoms with van der Waals surface area (Å²) < 4.78 is 26.8. The summed E-state index contributed by atoms with van der Waals surface area (Å²) in [4.78, 5) is 16.2. The van der Waals surface area contributed by atoms with Crippen molar-refractivity contribution in [1.82, 2.24) is 9.21 Å². The standard InChI is InChI=1S/C19H29N3O3S/c23-19(17-20-11-7-2-1-3-8-12-20)21-13-15-22(16-14-21)26(24,25)18-9-5-4-6-10-18/h4-6,9-10H,1-3,7-8,11-17H2/p+1. The maximum absolute atomic E-state index is 12.7. The molecule has 3 rings (SSSR count). The van der Waals surface area contributed by atoms with E-state index in [4.69, 9.17) is 0 Å². The molecule has 144 valence electrons. The highest BCUT2D eigenvalue weighted by Gasteiger charge is 2.31. The lowest BCUT2D eigenvalue weighted by Crippen LogP contribution is -3.13. The zero-order valence-electron chi connectivity index (χ0n) is 15.4. The van der Waals surface area contributed by atoms with E-state index in [2.05, 4.69) is 0 Å². The van der Waals surface area contributed by atoms with Crippen LogP contribution in [0.5, 0.6) is 0 Å². The van der Waals surface area contributed by atoms with Gasteiger partial charge in [-0.2, -0.15) is 4.31 Å². The topological polar surface area (TPSA) is 62.1 Å². The van der Waals surface area contributed by atoms with Crippen molar-refractivity contribution in [2.45, 2.75) is 37.0 Å². The predicted octanol–water partition coefficient (Wildman–Crippen LogP) is 0.369. The number of quaternary nitrogens is 1. The minimum Gasteiger partial charge on any atom is -0.335 e. The van der Waals surface area contributed by atoms with Crippen LogP contribution in [-0.4, -0.2) is 69.3 Å². The summed E-state index contributed by atoms with van der Waals surface area (Å²) in [7, 11) is -3.46. The van der Waals surface area contributed by atoms with Crippen molar-refractivity contribution in [3.63, 3.8) is 0 Å². The van der Waals surface area contributed by atoms with Crippen LogP contribution in [0.3, 0.4) is 0 Å². The molecule has 26 heavy (non-hydrogen) atoms. The molecular formula is C19H30N3O3S+. The van der Waals surface area contributed by atoms with Crippen molar-refractivity contribution < 1.29 is 18.1 Å². The normalized spacial score (nSPS) is 21.2. The summed E-state index contributed by atoms with van der Waals surface area (Å²) >= 11 is 0. The molecule has 1 aromatic rings. The highest BCUT2D eigenvalue weighted by molar-refractivity contribution is 7.89. The number of hydrogen-bond donors (Lipinski definition) is 1. The van der Waals surface area contributed by atoms with Gasteiger partial charge in [0.05, 0.1) is 18.0 Å². The van der Waals surface area contributed by atoms with Gasteiger partial charge in [-0.1, -0.05) is 24.6 Å². The fourth-order valence-electron chi connectivity index (χ4n) is 3.83. The molecule has 1 N–H and O–H groups in total. The van der Waals surface area contributed by atoms with Gasteiger partial charge >= 0.3 is 0 Å². The lowest BCUT2D eigenvalue weighted by Gasteiger charge is -2.34. The number of piperazine rings is 1. The van der Waals surface area contributed by atoms with Gasteiger partial charge in [0.25, 0.3) is 5.91 Å². The highest BCUT2D eigenvalue weighted by atomic mass is 32.2. The molecule has 0 aliphatic carbocycles. The molecule has 0 saturated carbocycles. The number of carbonyl (C=O) groups excluding carboxylic acids is 1. The minimum atomic E-state index is -3.46. The Morgan fingerprint density at radius 1 is 0.885 bits per heavy atom. The molecule has 0 spiro atoms. The lowest BCUT2D eigenvalue weighted by atomic mass is 10.1. The third-order valence-corrected chi connectivity index (χ3v) is 7.35. The minimum absolute atomic E-state index is 0.164. The van der Waals surface area contributed by atoms with Crippen molar-refractivity contribution in [1.29, 1.82) is 0 Å². The Kier molecular flexibility index (Phi) is 6.67. The first-order valence-corrected chi connectivity index (χ1v) is 11.2. The molecular weight excluding hydrogens is 350 g/mol. The van der Waals surface area contributed by atoms with E-state index >= 15 is 0 Å². The van der Waals surface area contributed by atoms with Crippen LogP contribution in [-0.2, 0) is 14.8 Å². The van der Waals surface area contributed by atoms with E-state index in [1.54, 1.807) is 24.3 Å². The van der Waals surface area contributed by atoms with Gasteiger partial charge in [-0.3, -0.25) is 4.79 Å². The van der Waals surface area contributed by atoms with Crippen LogP contribution in [0.25, 0.3) is 0 Å². The molecule has 0 atom stereocenters. The van der Waals surface area contributed by atoms with Gasteiger partial charge in [0.15, 0.2) is 6.54 Å². The SMILES string of the molecule is O=C(C[NH+]1CCCCCCC1)N1CCN(S(=O)(=O)c2ccccc2)CC1. The first-order chi connectivity index (χ1) is 12.6. The Labute approximate surface area is 156 Å². The number of sulfonamides is 1. The molecule has 7 heteroatoms. The first kappa shape index (κ1) is 19.3.